The zero-order valence-electron chi connectivity index (χ0n) is 10.8. The molecule has 1 aliphatic rings. The number of hydrogen-bond acceptors (Lipinski definition) is 7. The molecular weight excluding hydrogens is 260 g/mol. The minimum absolute atomic E-state index is 0.0194. The van der Waals surface area contributed by atoms with Crippen LogP contribution in [-0.2, 0) is 11.3 Å². The van der Waals surface area contributed by atoms with E-state index < -0.39 is 0 Å². The van der Waals surface area contributed by atoms with Crippen LogP contribution in [0.1, 0.15) is 0 Å². The summed E-state index contributed by atoms with van der Waals surface area (Å²) in [6.45, 7) is 2.93. The standard InChI is InChI=1S/C11H14N8O/c20-10(8-19-9-14-15-16-19)17-4-6-18(7-5-17)11-12-2-1-3-13-11/h1-3,9H,4-8H2. The number of hydrogen-bond donors (Lipinski definition) is 0. The molecule has 1 saturated heterocycles. The number of piperazine rings is 1. The minimum Gasteiger partial charge on any atom is -0.338 e. The van der Waals surface area contributed by atoms with Crippen molar-refractivity contribution in [2.45, 2.75) is 6.54 Å². The summed E-state index contributed by atoms with van der Waals surface area (Å²) in [6, 6.07) is 1.79. The lowest BCUT2D eigenvalue weighted by atomic mass is 10.3. The fourth-order valence-electron chi connectivity index (χ4n) is 2.10. The third-order valence-corrected chi connectivity index (χ3v) is 3.16. The first-order valence-corrected chi connectivity index (χ1v) is 6.33. The highest BCUT2D eigenvalue weighted by Gasteiger charge is 2.22. The normalized spacial score (nSPS) is 15.4. The van der Waals surface area contributed by atoms with Gasteiger partial charge in [-0.2, -0.15) is 0 Å². The molecule has 20 heavy (non-hydrogen) atoms. The number of tetrazole rings is 1. The van der Waals surface area contributed by atoms with Gasteiger partial charge in [0.2, 0.25) is 11.9 Å². The Hall–Kier alpha value is -2.58. The van der Waals surface area contributed by atoms with E-state index >= 15 is 0 Å². The van der Waals surface area contributed by atoms with E-state index in [0.717, 1.165) is 13.1 Å². The van der Waals surface area contributed by atoms with Crippen LogP contribution in [0.3, 0.4) is 0 Å². The van der Waals surface area contributed by atoms with Crippen molar-refractivity contribution in [1.29, 1.82) is 0 Å². The summed E-state index contributed by atoms with van der Waals surface area (Å²) < 4.78 is 1.43. The van der Waals surface area contributed by atoms with Crippen molar-refractivity contribution < 1.29 is 4.79 Å². The topological polar surface area (TPSA) is 92.9 Å². The molecule has 0 atom stereocenters. The maximum atomic E-state index is 12.1. The average molecular weight is 274 g/mol. The smallest absolute Gasteiger partial charge is 0.244 e. The van der Waals surface area contributed by atoms with Gasteiger partial charge in [0.15, 0.2) is 0 Å². The second-order valence-corrected chi connectivity index (χ2v) is 4.42. The highest BCUT2D eigenvalue weighted by Crippen LogP contribution is 2.09. The molecule has 0 aliphatic carbocycles. The Labute approximate surface area is 115 Å². The maximum absolute atomic E-state index is 12.1. The first-order chi connectivity index (χ1) is 9.83. The van der Waals surface area contributed by atoms with Crippen LogP contribution in [0.15, 0.2) is 24.8 Å². The molecular formula is C11H14N8O. The van der Waals surface area contributed by atoms with E-state index in [-0.39, 0.29) is 12.5 Å². The number of carbonyl (C=O) groups is 1. The molecule has 104 valence electrons. The Balaban J connectivity index is 1.54. The zero-order valence-corrected chi connectivity index (χ0v) is 10.8. The van der Waals surface area contributed by atoms with Gasteiger partial charge >= 0.3 is 0 Å². The molecule has 3 heterocycles. The number of amides is 1. The molecule has 0 N–H and O–H groups in total. The molecule has 0 bridgehead atoms. The van der Waals surface area contributed by atoms with Gasteiger partial charge in [-0.15, -0.1) is 5.10 Å². The van der Waals surface area contributed by atoms with Crippen molar-refractivity contribution in [1.82, 2.24) is 35.1 Å². The first-order valence-electron chi connectivity index (χ1n) is 6.33. The van der Waals surface area contributed by atoms with Gasteiger partial charge in [-0.25, -0.2) is 14.6 Å². The van der Waals surface area contributed by atoms with E-state index in [1.807, 2.05) is 0 Å². The van der Waals surface area contributed by atoms with Crippen LogP contribution >= 0.6 is 0 Å². The van der Waals surface area contributed by atoms with Gasteiger partial charge < -0.3 is 9.80 Å². The van der Waals surface area contributed by atoms with Gasteiger partial charge in [-0.1, -0.05) is 0 Å². The lowest BCUT2D eigenvalue weighted by Gasteiger charge is -2.34. The maximum Gasteiger partial charge on any atom is 0.244 e. The van der Waals surface area contributed by atoms with Crippen molar-refractivity contribution in [3.8, 4) is 0 Å². The molecule has 9 heteroatoms. The third kappa shape index (κ3) is 2.71. The van der Waals surface area contributed by atoms with E-state index in [2.05, 4.69) is 30.4 Å². The van der Waals surface area contributed by atoms with Crippen LogP contribution < -0.4 is 4.90 Å². The molecule has 2 aromatic rings. The molecule has 0 unspecified atom stereocenters. The largest absolute Gasteiger partial charge is 0.338 e. The number of carbonyl (C=O) groups excluding carboxylic acids is 1. The van der Waals surface area contributed by atoms with Crippen molar-refractivity contribution in [2.75, 3.05) is 31.1 Å². The molecule has 1 aliphatic heterocycles. The highest BCUT2D eigenvalue weighted by atomic mass is 16.2. The minimum atomic E-state index is 0.0194. The van der Waals surface area contributed by atoms with Crippen LogP contribution in [0.4, 0.5) is 5.95 Å². The van der Waals surface area contributed by atoms with E-state index in [9.17, 15) is 4.79 Å². The summed E-state index contributed by atoms with van der Waals surface area (Å²) in [5, 5.41) is 10.7. The Morgan fingerprint density at radius 1 is 1.15 bits per heavy atom. The van der Waals surface area contributed by atoms with Crippen LogP contribution in [0, 0.1) is 0 Å². The number of aromatic nitrogens is 6. The summed E-state index contributed by atoms with van der Waals surface area (Å²) in [7, 11) is 0. The predicted octanol–water partition coefficient (Wildman–Crippen LogP) is -1.19. The fourth-order valence-corrected chi connectivity index (χ4v) is 2.10. The van der Waals surface area contributed by atoms with Gasteiger partial charge in [0.1, 0.15) is 12.9 Å². The summed E-state index contributed by atoms with van der Waals surface area (Å²) in [5.41, 5.74) is 0. The fraction of sp³-hybridized carbons (Fsp3) is 0.455. The first kappa shape index (κ1) is 12.5. The molecule has 1 fully saturated rings. The molecule has 0 saturated carbocycles. The van der Waals surface area contributed by atoms with Gasteiger partial charge in [-0.05, 0) is 16.5 Å². The lowest BCUT2D eigenvalue weighted by molar-refractivity contribution is -0.132. The number of rotatable bonds is 3. The van der Waals surface area contributed by atoms with Gasteiger partial charge in [0.25, 0.3) is 0 Å². The third-order valence-electron chi connectivity index (χ3n) is 3.16. The Bertz CT molecular complexity index is 549. The quantitative estimate of drug-likeness (QED) is 0.695. The van der Waals surface area contributed by atoms with Crippen LogP contribution in [0.5, 0.6) is 0 Å². The summed E-state index contributed by atoms with van der Waals surface area (Å²) in [6.07, 6.45) is 4.88. The van der Waals surface area contributed by atoms with Gasteiger partial charge in [0.05, 0.1) is 0 Å². The van der Waals surface area contributed by atoms with Crippen molar-refractivity contribution >= 4 is 11.9 Å². The van der Waals surface area contributed by atoms with Crippen LogP contribution in [-0.4, -0.2) is 67.2 Å². The Morgan fingerprint density at radius 3 is 2.55 bits per heavy atom. The van der Waals surface area contributed by atoms with Crippen molar-refractivity contribution in [2.24, 2.45) is 0 Å². The molecule has 3 rings (SSSR count). The summed E-state index contributed by atoms with van der Waals surface area (Å²) in [4.78, 5) is 24.4. The monoisotopic (exact) mass is 274 g/mol. The Morgan fingerprint density at radius 2 is 1.90 bits per heavy atom. The second-order valence-electron chi connectivity index (χ2n) is 4.42. The summed E-state index contributed by atoms with van der Waals surface area (Å²) >= 11 is 0. The molecule has 0 spiro atoms. The highest BCUT2D eigenvalue weighted by molar-refractivity contribution is 5.76. The van der Waals surface area contributed by atoms with Crippen molar-refractivity contribution in [3.05, 3.63) is 24.8 Å². The van der Waals surface area contributed by atoms with Gasteiger partial charge in [0, 0.05) is 38.6 Å². The van der Waals surface area contributed by atoms with E-state index in [1.54, 1.807) is 23.4 Å². The van der Waals surface area contributed by atoms with E-state index in [0.29, 0.717) is 19.0 Å². The molecule has 0 radical (unpaired) electrons. The number of nitrogens with zero attached hydrogens (tertiary/aromatic N) is 8. The van der Waals surface area contributed by atoms with Crippen LogP contribution in [0.2, 0.25) is 0 Å². The SMILES string of the molecule is O=C(Cn1cnnn1)N1CCN(c2ncccn2)CC1. The van der Waals surface area contributed by atoms with E-state index in [1.165, 1.54) is 11.0 Å². The second kappa shape index (κ2) is 5.59. The molecule has 0 aromatic carbocycles. The Kier molecular flexibility index (Phi) is 3.48. The molecule has 2 aromatic heterocycles. The summed E-state index contributed by atoms with van der Waals surface area (Å²) in [5.74, 6) is 0.728. The molecule has 9 nitrogen and oxygen atoms in total. The van der Waals surface area contributed by atoms with Crippen molar-refractivity contribution in [3.63, 3.8) is 0 Å². The van der Waals surface area contributed by atoms with Gasteiger partial charge in [-0.3, -0.25) is 4.79 Å². The van der Waals surface area contributed by atoms with Crippen LogP contribution in [0.25, 0.3) is 0 Å². The number of anilines is 1. The predicted molar refractivity (Wildman–Crippen MR) is 68.6 cm³/mol. The van der Waals surface area contributed by atoms with E-state index in [4.69, 9.17) is 0 Å². The average Bonchev–Trinajstić information content (AvgIpc) is 3.01. The lowest BCUT2D eigenvalue weighted by Crippen LogP contribution is -2.50. The zero-order chi connectivity index (χ0) is 13.8. The molecule has 1 amide bonds.